The predicted octanol–water partition coefficient (Wildman–Crippen LogP) is 4.33. The van der Waals surface area contributed by atoms with Gasteiger partial charge in [-0.15, -0.1) is 23.2 Å². The second-order valence-corrected chi connectivity index (χ2v) is 7.57. The normalized spacial score (nSPS) is 20.9. The van der Waals surface area contributed by atoms with E-state index in [2.05, 4.69) is 10.4 Å². The molecule has 1 amide bonds. The third-order valence-corrected chi connectivity index (χ3v) is 5.40. The van der Waals surface area contributed by atoms with E-state index in [1.54, 1.807) is 16.9 Å². The summed E-state index contributed by atoms with van der Waals surface area (Å²) in [5.41, 5.74) is 0.768. The van der Waals surface area contributed by atoms with Crippen LogP contribution in [0.1, 0.15) is 12.0 Å². The summed E-state index contributed by atoms with van der Waals surface area (Å²) in [6, 6.07) is 20.8. The molecule has 1 unspecified atom stereocenters. The SMILES string of the molecule is O=C(Nc1ccn(-c2ccccc2)n1)C1(c2ccccc2)CC1(Cl)Cl. The van der Waals surface area contributed by atoms with Crippen molar-refractivity contribution in [1.82, 2.24) is 9.78 Å². The summed E-state index contributed by atoms with van der Waals surface area (Å²) in [6.45, 7) is 0. The van der Waals surface area contributed by atoms with Gasteiger partial charge in [0.05, 0.1) is 5.69 Å². The van der Waals surface area contributed by atoms with Gasteiger partial charge in [-0.1, -0.05) is 48.5 Å². The monoisotopic (exact) mass is 371 g/mol. The van der Waals surface area contributed by atoms with Gasteiger partial charge in [-0.05, 0) is 17.7 Å². The molecule has 4 nitrogen and oxygen atoms in total. The number of nitrogens with zero attached hydrogens (tertiary/aromatic N) is 2. The molecular weight excluding hydrogens is 357 g/mol. The molecular formula is C19H15Cl2N3O. The van der Waals surface area contributed by atoms with Crippen LogP contribution in [-0.2, 0) is 10.2 Å². The maximum Gasteiger partial charge on any atom is 0.239 e. The van der Waals surface area contributed by atoms with E-state index in [1.165, 1.54) is 0 Å². The molecule has 1 N–H and O–H groups in total. The van der Waals surface area contributed by atoms with Crippen LogP contribution >= 0.6 is 23.2 Å². The second kappa shape index (κ2) is 5.90. The minimum atomic E-state index is -1.11. The van der Waals surface area contributed by atoms with Crippen LogP contribution in [0.2, 0.25) is 0 Å². The maximum atomic E-state index is 12.9. The average molecular weight is 372 g/mol. The second-order valence-electron chi connectivity index (χ2n) is 6.09. The Bertz CT molecular complexity index is 909. The van der Waals surface area contributed by atoms with Crippen LogP contribution in [0.5, 0.6) is 0 Å². The van der Waals surface area contributed by atoms with E-state index < -0.39 is 9.75 Å². The number of aromatic nitrogens is 2. The first-order valence-corrected chi connectivity index (χ1v) is 8.64. The number of hydrogen-bond acceptors (Lipinski definition) is 2. The van der Waals surface area contributed by atoms with Gasteiger partial charge in [0.15, 0.2) is 5.82 Å². The number of nitrogens with one attached hydrogen (secondary N) is 1. The third kappa shape index (κ3) is 2.71. The Labute approximate surface area is 155 Å². The van der Waals surface area contributed by atoms with E-state index in [1.807, 2.05) is 60.7 Å². The van der Waals surface area contributed by atoms with Crippen LogP contribution in [0.25, 0.3) is 5.69 Å². The lowest BCUT2D eigenvalue weighted by molar-refractivity contribution is -0.118. The van der Waals surface area contributed by atoms with Crippen LogP contribution in [0.4, 0.5) is 5.82 Å². The highest BCUT2D eigenvalue weighted by Gasteiger charge is 2.72. The first-order valence-electron chi connectivity index (χ1n) is 7.89. The van der Waals surface area contributed by atoms with Crippen molar-refractivity contribution in [3.8, 4) is 5.69 Å². The van der Waals surface area contributed by atoms with Crippen LogP contribution in [0, 0.1) is 0 Å². The van der Waals surface area contributed by atoms with Gasteiger partial charge in [-0.25, -0.2) is 4.68 Å². The Balaban J connectivity index is 1.59. The van der Waals surface area contributed by atoms with Crippen molar-refractivity contribution in [1.29, 1.82) is 0 Å². The fraction of sp³-hybridized carbons (Fsp3) is 0.158. The smallest absolute Gasteiger partial charge is 0.239 e. The topological polar surface area (TPSA) is 46.9 Å². The molecule has 0 radical (unpaired) electrons. The van der Waals surface area contributed by atoms with Gasteiger partial charge in [-0.3, -0.25) is 4.79 Å². The number of benzene rings is 2. The summed E-state index contributed by atoms with van der Waals surface area (Å²) in [5, 5.41) is 7.25. The zero-order chi connectivity index (χ0) is 17.5. The van der Waals surface area contributed by atoms with Gasteiger partial charge < -0.3 is 5.32 Å². The first kappa shape index (κ1) is 16.2. The Hall–Kier alpha value is -2.30. The molecule has 2 aromatic carbocycles. The van der Waals surface area contributed by atoms with E-state index >= 15 is 0 Å². The van der Waals surface area contributed by atoms with Crippen molar-refractivity contribution in [2.45, 2.75) is 16.2 Å². The zero-order valence-electron chi connectivity index (χ0n) is 13.2. The first-order chi connectivity index (χ1) is 12.0. The van der Waals surface area contributed by atoms with Crippen molar-refractivity contribution < 1.29 is 4.79 Å². The molecule has 1 aliphatic rings. The van der Waals surface area contributed by atoms with Crippen molar-refractivity contribution in [3.63, 3.8) is 0 Å². The molecule has 25 heavy (non-hydrogen) atoms. The lowest BCUT2D eigenvalue weighted by atomic mass is 9.95. The number of para-hydroxylation sites is 1. The van der Waals surface area contributed by atoms with Gasteiger partial charge >= 0.3 is 0 Å². The fourth-order valence-corrected chi connectivity index (χ4v) is 3.83. The molecule has 1 aromatic heterocycles. The number of amides is 1. The fourth-order valence-electron chi connectivity index (χ4n) is 3.04. The Morgan fingerprint density at radius 2 is 1.60 bits per heavy atom. The zero-order valence-corrected chi connectivity index (χ0v) is 14.7. The molecule has 1 heterocycles. The number of hydrogen-bond donors (Lipinski definition) is 1. The van der Waals surface area contributed by atoms with Gasteiger partial charge in [0.25, 0.3) is 0 Å². The molecule has 1 aliphatic carbocycles. The lowest BCUT2D eigenvalue weighted by Gasteiger charge is -2.17. The van der Waals surface area contributed by atoms with Crippen molar-refractivity contribution in [3.05, 3.63) is 78.5 Å². The van der Waals surface area contributed by atoms with Crippen molar-refractivity contribution in [2.75, 3.05) is 5.32 Å². The Morgan fingerprint density at radius 1 is 1.00 bits per heavy atom. The van der Waals surface area contributed by atoms with E-state index in [0.29, 0.717) is 12.2 Å². The summed E-state index contributed by atoms with van der Waals surface area (Å²) in [5.74, 6) is 0.210. The molecule has 0 spiro atoms. The van der Waals surface area contributed by atoms with Gasteiger partial charge in [0, 0.05) is 18.7 Å². The number of halogens is 2. The van der Waals surface area contributed by atoms with E-state index in [9.17, 15) is 4.79 Å². The van der Waals surface area contributed by atoms with Crippen LogP contribution in [0.15, 0.2) is 72.9 Å². The highest BCUT2D eigenvalue weighted by molar-refractivity contribution is 6.54. The molecule has 4 rings (SSSR count). The highest BCUT2D eigenvalue weighted by atomic mass is 35.5. The van der Waals surface area contributed by atoms with E-state index in [4.69, 9.17) is 23.2 Å². The maximum absolute atomic E-state index is 12.9. The quantitative estimate of drug-likeness (QED) is 0.693. The minimum absolute atomic E-state index is 0.248. The summed E-state index contributed by atoms with van der Waals surface area (Å²) in [7, 11) is 0. The van der Waals surface area contributed by atoms with E-state index in [0.717, 1.165) is 11.3 Å². The molecule has 0 aliphatic heterocycles. The van der Waals surface area contributed by atoms with Crippen LogP contribution < -0.4 is 5.32 Å². The molecule has 0 saturated heterocycles. The number of carbonyl (C=O) groups excluding carboxylic acids is 1. The molecule has 0 bridgehead atoms. The standard InChI is InChI=1S/C19H15Cl2N3O/c20-19(21)13-18(19,14-7-3-1-4-8-14)17(25)22-16-11-12-24(23-16)15-9-5-2-6-10-15/h1-12H,13H2,(H,22,23,25). The van der Waals surface area contributed by atoms with Crippen LogP contribution in [-0.4, -0.2) is 20.0 Å². The molecule has 3 aromatic rings. The number of carbonyl (C=O) groups is 1. The molecule has 126 valence electrons. The average Bonchev–Trinajstić information content (AvgIpc) is 2.98. The highest BCUT2D eigenvalue weighted by Crippen LogP contribution is 2.65. The van der Waals surface area contributed by atoms with Crippen molar-refractivity contribution >= 4 is 34.9 Å². The predicted molar refractivity (Wildman–Crippen MR) is 99.4 cm³/mol. The van der Waals surface area contributed by atoms with E-state index in [-0.39, 0.29) is 5.91 Å². The van der Waals surface area contributed by atoms with Gasteiger partial charge in [0.2, 0.25) is 5.91 Å². The summed E-state index contributed by atoms with van der Waals surface area (Å²) >= 11 is 12.7. The third-order valence-electron chi connectivity index (χ3n) is 4.49. The molecule has 6 heteroatoms. The summed E-state index contributed by atoms with van der Waals surface area (Å²) in [6.07, 6.45) is 2.17. The lowest BCUT2D eigenvalue weighted by Crippen LogP contribution is -2.32. The van der Waals surface area contributed by atoms with Crippen LogP contribution in [0.3, 0.4) is 0 Å². The summed E-state index contributed by atoms with van der Waals surface area (Å²) in [4.78, 5) is 12.9. The number of rotatable bonds is 4. The summed E-state index contributed by atoms with van der Waals surface area (Å²) < 4.78 is 0.590. The Kier molecular flexibility index (Phi) is 3.82. The molecule has 1 atom stereocenters. The van der Waals surface area contributed by atoms with Gasteiger partial charge in [0.1, 0.15) is 9.75 Å². The Morgan fingerprint density at radius 3 is 2.20 bits per heavy atom. The number of alkyl halides is 2. The molecule has 1 saturated carbocycles. The number of anilines is 1. The van der Waals surface area contributed by atoms with Gasteiger partial charge in [-0.2, -0.15) is 5.10 Å². The van der Waals surface area contributed by atoms with Crippen molar-refractivity contribution in [2.24, 2.45) is 0 Å². The largest absolute Gasteiger partial charge is 0.308 e. The molecule has 1 fully saturated rings. The minimum Gasteiger partial charge on any atom is -0.308 e.